The molecule has 0 amide bonds. The molecule has 0 rings (SSSR count). The summed E-state index contributed by atoms with van der Waals surface area (Å²) >= 11 is 0. The summed E-state index contributed by atoms with van der Waals surface area (Å²) in [6.07, 6.45) is 0. The monoisotopic (exact) mass is 209 g/mol. The first-order chi connectivity index (χ1) is 6.40. The van der Waals surface area contributed by atoms with Crippen molar-refractivity contribution in [2.45, 2.75) is 26.7 Å². The van der Waals surface area contributed by atoms with Crippen molar-refractivity contribution in [1.82, 2.24) is 5.32 Å². The molecule has 0 saturated heterocycles. The summed E-state index contributed by atoms with van der Waals surface area (Å²) in [6.45, 7) is 5.05. The van der Waals surface area contributed by atoms with Crippen molar-refractivity contribution in [2.24, 2.45) is 5.92 Å². The minimum absolute atomic E-state index is 0.0292. The molecule has 1 N–H and O–H groups in total. The Hall–Kier alpha value is -0.710. The highest BCUT2D eigenvalue weighted by molar-refractivity contribution is 5.77. The first-order valence-electron chi connectivity index (χ1n) is 4.66. The predicted octanol–water partition coefficient (Wildman–Crippen LogP) is 1.43. The van der Waals surface area contributed by atoms with Gasteiger partial charge < -0.3 is 10.1 Å². The molecule has 0 aliphatic carbocycles. The summed E-state index contributed by atoms with van der Waals surface area (Å²) in [5.41, 5.74) is 0. The summed E-state index contributed by atoms with van der Waals surface area (Å²) in [7, 11) is 0. The zero-order valence-electron chi connectivity index (χ0n) is 8.77. The van der Waals surface area contributed by atoms with Crippen molar-refractivity contribution in [1.29, 1.82) is 0 Å². The summed E-state index contributed by atoms with van der Waals surface area (Å²) in [6, 6.07) is 0. The Morgan fingerprint density at radius 3 is 2.50 bits per heavy atom. The summed E-state index contributed by atoms with van der Waals surface area (Å²) in [5.74, 6) is -4.62. The lowest BCUT2D eigenvalue weighted by atomic mass is 10.2. The van der Waals surface area contributed by atoms with Crippen LogP contribution in [0.2, 0.25) is 0 Å². The highest BCUT2D eigenvalue weighted by atomic mass is 19.3. The van der Waals surface area contributed by atoms with E-state index in [1.807, 2.05) is 13.8 Å². The van der Waals surface area contributed by atoms with Crippen molar-refractivity contribution in [3.8, 4) is 0 Å². The van der Waals surface area contributed by atoms with Crippen LogP contribution in [-0.4, -0.2) is 31.6 Å². The maximum absolute atomic E-state index is 12.9. The molecule has 0 spiro atoms. The number of nitrogens with one attached hydrogen (secondary N) is 1. The Morgan fingerprint density at radius 1 is 1.50 bits per heavy atom. The minimum atomic E-state index is -3.43. The molecule has 0 aromatic heterocycles. The van der Waals surface area contributed by atoms with Gasteiger partial charge in [-0.15, -0.1) is 0 Å². The molecule has 0 aromatic rings. The lowest BCUT2D eigenvalue weighted by Gasteiger charge is -2.15. The minimum Gasteiger partial charge on any atom is -0.462 e. The Labute approximate surface area is 82.8 Å². The molecule has 0 saturated carbocycles. The van der Waals surface area contributed by atoms with Crippen LogP contribution in [0, 0.1) is 5.92 Å². The second kappa shape index (κ2) is 5.90. The molecule has 3 nitrogen and oxygen atoms in total. The number of rotatable bonds is 6. The van der Waals surface area contributed by atoms with Crippen LogP contribution in [0.3, 0.4) is 0 Å². The number of esters is 1. The van der Waals surface area contributed by atoms with Gasteiger partial charge in [-0.25, -0.2) is 4.79 Å². The Balaban J connectivity index is 3.87. The van der Waals surface area contributed by atoms with E-state index in [1.165, 1.54) is 6.92 Å². The van der Waals surface area contributed by atoms with E-state index in [9.17, 15) is 13.6 Å². The largest absolute Gasteiger partial charge is 0.462 e. The van der Waals surface area contributed by atoms with E-state index in [2.05, 4.69) is 10.1 Å². The molecule has 0 heterocycles. The van der Waals surface area contributed by atoms with Crippen LogP contribution in [0.25, 0.3) is 0 Å². The second-order valence-electron chi connectivity index (χ2n) is 3.45. The Morgan fingerprint density at radius 2 is 2.07 bits per heavy atom. The molecule has 84 valence electrons. The van der Waals surface area contributed by atoms with Crippen molar-refractivity contribution in [2.75, 3.05) is 19.7 Å². The highest BCUT2D eigenvalue weighted by Gasteiger charge is 2.39. The maximum Gasteiger partial charge on any atom is 0.378 e. The lowest BCUT2D eigenvalue weighted by molar-refractivity contribution is -0.170. The van der Waals surface area contributed by atoms with Gasteiger partial charge in [0, 0.05) is 0 Å². The zero-order chi connectivity index (χ0) is 11.2. The van der Waals surface area contributed by atoms with Crippen LogP contribution in [0.1, 0.15) is 20.8 Å². The van der Waals surface area contributed by atoms with Crippen molar-refractivity contribution in [3.63, 3.8) is 0 Å². The third-order valence-electron chi connectivity index (χ3n) is 1.47. The van der Waals surface area contributed by atoms with E-state index < -0.39 is 18.4 Å². The number of ether oxygens (including phenoxy) is 1. The van der Waals surface area contributed by atoms with Gasteiger partial charge in [-0.1, -0.05) is 13.8 Å². The molecule has 0 fully saturated rings. The fraction of sp³-hybridized carbons (Fsp3) is 0.889. The van der Waals surface area contributed by atoms with E-state index in [4.69, 9.17) is 0 Å². The molecular weight excluding hydrogens is 192 g/mol. The van der Waals surface area contributed by atoms with Gasteiger partial charge in [0.05, 0.1) is 13.2 Å². The average Bonchev–Trinajstić information content (AvgIpc) is 2.03. The van der Waals surface area contributed by atoms with Crippen LogP contribution in [0.5, 0.6) is 0 Å². The van der Waals surface area contributed by atoms with Crippen LogP contribution >= 0.6 is 0 Å². The zero-order valence-corrected chi connectivity index (χ0v) is 8.77. The van der Waals surface area contributed by atoms with Gasteiger partial charge in [0.15, 0.2) is 0 Å². The molecule has 0 unspecified atom stereocenters. The number of carbonyl (C=O) groups is 1. The fourth-order valence-electron chi connectivity index (χ4n) is 0.827. The highest BCUT2D eigenvalue weighted by Crippen LogP contribution is 2.14. The Kier molecular flexibility index (Phi) is 5.60. The SMILES string of the molecule is CCOC(=O)C(F)(F)CNCC(C)C. The van der Waals surface area contributed by atoms with Crippen LogP contribution in [0.15, 0.2) is 0 Å². The number of hydrogen-bond donors (Lipinski definition) is 1. The van der Waals surface area contributed by atoms with Crippen molar-refractivity contribution < 1.29 is 18.3 Å². The Bertz CT molecular complexity index is 184. The van der Waals surface area contributed by atoms with Gasteiger partial charge in [0.1, 0.15) is 0 Å². The second-order valence-corrected chi connectivity index (χ2v) is 3.45. The summed E-state index contributed by atoms with van der Waals surface area (Å²) < 4.78 is 30.1. The first-order valence-corrected chi connectivity index (χ1v) is 4.66. The van der Waals surface area contributed by atoms with Crippen LogP contribution in [-0.2, 0) is 9.53 Å². The quantitative estimate of drug-likeness (QED) is 0.672. The molecule has 5 heteroatoms. The third kappa shape index (κ3) is 5.11. The molecule has 0 atom stereocenters. The molecule has 14 heavy (non-hydrogen) atoms. The fourth-order valence-corrected chi connectivity index (χ4v) is 0.827. The van der Waals surface area contributed by atoms with Gasteiger partial charge >= 0.3 is 11.9 Å². The predicted molar refractivity (Wildman–Crippen MR) is 49.3 cm³/mol. The van der Waals surface area contributed by atoms with Gasteiger partial charge in [-0.05, 0) is 19.4 Å². The van der Waals surface area contributed by atoms with E-state index in [0.717, 1.165) is 0 Å². The number of alkyl halides is 2. The molecular formula is C9H17F2NO2. The number of halogens is 2. The van der Waals surface area contributed by atoms with Gasteiger partial charge in [0.25, 0.3) is 0 Å². The summed E-state index contributed by atoms with van der Waals surface area (Å²) in [4.78, 5) is 10.7. The molecule has 0 aliphatic heterocycles. The lowest BCUT2D eigenvalue weighted by Crippen LogP contribution is -2.42. The third-order valence-corrected chi connectivity index (χ3v) is 1.47. The average molecular weight is 209 g/mol. The van der Waals surface area contributed by atoms with E-state index in [1.54, 1.807) is 0 Å². The van der Waals surface area contributed by atoms with Gasteiger partial charge in [-0.3, -0.25) is 0 Å². The van der Waals surface area contributed by atoms with Crippen molar-refractivity contribution in [3.05, 3.63) is 0 Å². The van der Waals surface area contributed by atoms with Gasteiger partial charge in [-0.2, -0.15) is 8.78 Å². The maximum atomic E-state index is 12.9. The first kappa shape index (κ1) is 13.3. The smallest absolute Gasteiger partial charge is 0.378 e. The molecule has 0 aliphatic rings. The van der Waals surface area contributed by atoms with Gasteiger partial charge in [0.2, 0.25) is 0 Å². The van der Waals surface area contributed by atoms with Crippen molar-refractivity contribution >= 4 is 5.97 Å². The topological polar surface area (TPSA) is 38.3 Å². The number of carbonyl (C=O) groups excluding carboxylic acids is 1. The molecule has 0 bridgehead atoms. The van der Waals surface area contributed by atoms with E-state index in [-0.39, 0.29) is 12.5 Å². The molecule has 0 radical (unpaired) electrons. The number of hydrogen-bond acceptors (Lipinski definition) is 3. The van der Waals surface area contributed by atoms with E-state index >= 15 is 0 Å². The molecule has 0 aromatic carbocycles. The van der Waals surface area contributed by atoms with Crippen LogP contribution in [0.4, 0.5) is 8.78 Å². The standard InChI is InChI=1S/C9H17F2NO2/c1-4-14-8(13)9(10,11)6-12-5-7(2)3/h7,12H,4-6H2,1-3H3. The van der Waals surface area contributed by atoms with Crippen LogP contribution < -0.4 is 5.32 Å². The normalized spacial score (nSPS) is 11.9. The summed E-state index contributed by atoms with van der Waals surface area (Å²) in [5, 5.41) is 2.51. The van der Waals surface area contributed by atoms with E-state index in [0.29, 0.717) is 6.54 Å².